The Kier molecular flexibility index (Phi) is 2.62. The van der Waals surface area contributed by atoms with Crippen LogP contribution in [-0.2, 0) is 12.8 Å². The third kappa shape index (κ3) is 1.78. The Bertz CT molecular complexity index is 273. The summed E-state index contributed by atoms with van der Waals surface area (Å²) in [6, 6.07) is 4.04. The zero-order valence-electron chi connectivity index (χ0n) is 6.54. The quantitative estimate of drug-likeness (QED) is 0.636. The molecule has 0 N–H and O–H groups in total. The minimum atomic E-state index is 0.492. The van der Waals surface area contributed by atoms with Crippen LogP contribution in [0.3, 0.4) is 0 Å². The summed E-state index contributed by atoms with van der Waals surface area (Å²) in [4.78, 5) is 3.99. The maximum absolute atomic E-state index is 8.47. The van der Waals surface area contributed by atoms with Gasteiger partial charge in [-0.15, -0.1) is 0 Å². The zero-order valence-corrected chi connectivity index (χ0v) is 6.54. The van der Waals surface area contributed by atoms with E-state index in [1.807, 2.05) is 12.3 Å². The first-order chi connectivity index (χ1) is 5.38. The summed E-state index contributed by atoms with van der Waals surface area (Å²) in [5.41, 5.74) is 2.28. The number of nitrogens with zero attached hydrogens (tertiary/aromatic N) is 2. The molecule has 1 aromatic rings. The first-order valence-electron chi connectivity index (χ1n) is 3.67. The third-order valence-corrected chi connectivity index (χ3v) is 1.66. The Labute approximate surface area is 66.5 Å². The van der Waals surface area contributed by atoms with E-state index in [1.54, 1.807) is 6.20 Å². The molecular formula is C9H10N2. The molecule has 56 valence electrons. The van der Waals surface area contributed by atoms with Crippen LogP contribution >= 0.6 is 0 Å². The van der Waals surface area contributed by atoms with Crippen molar-refractivity contribution in [1.82, 2.24) is 4.98 Å². The number of rotatable bonds is 2. The van der Waals surface area contributed by atoms with Gasteiger partial charge in [-0.25, -0.2) is 0 Å². The average Bonchev–Trinajstić information content (AvgIpc) is 2.06. The molecular weight excluding hydrogens is 136 g/mol. The topological polar surface area (TPSA) is 36.7 Å². The van der Waals surface area contributed by atoms with E-state index in [4.69, 9.17) is 5.26 Å². The van der Waals surface area contributed by atoms with Crippen molar-refractivity contribution in [2.45, 2.75) is 19.8 Å². The Morgan fingerprint density at radius 3 is 3.00 bits per heavy atom. The number of aryl methyl sites for hydroxylation is 1. The average molecular weight is 146 g/mol. The molecule has 2 nitrogen and oxygen atoms in total. The maximum atomic E-state index is 8.47. The highest BCUT2D eigenvalue weighted by atomic mass is 14.6. The SMILES string of the molecule is CCc1cnccc1CC#N. The standard InChI is InChI=1S/C9H10N2/c1-2-8-7-11-6-4-9(8)3-5-10/h4,6-7H,2-3H2,1H3. The minimum absolute atomic E-state index is 0.492. The van der Waals surface area contributed by atoms with Gasteiger partial charge in [0.15, 0.2) is 0 Å². The minimum Gasteiger partial charge on any atom is -0.264 e. The molecule has 0 bridgehead atoms. The smallest absolute Gasteiger partial charge is 0.0669 e. The number of pyridine rings is 1. The highest BCUT2D eigenvalue weighted by Gasteiger charge is 1.97. The van der Waals surface area contributed by atoms with Crippen LogP contribution in [0.5, 0.6) is 0 Å². The molecule has 0 aromatic carbocycles. The Balaban J connectivity index is 2.94. The second kappa shape index (κ2) is 3.72. The molecule has 0 saturated heterocycles. The van der Waals surface area contributed by atoms with Crippen LogP contribution in [0.1, 0.15) is 18.1 Å². The first kappa shape index (κ1) is 7.74. The van der Waals surface area contributed by atoms with Crippen LogP contribution in [0.2, 0.25) is 0 Å². The molecule has 1 rings (SSSR count). The number of hydrogen-bond donors (Lipinski definition) is 0. The summed E-state index contributed by atoms with van der Waals surface area (Å²) in [6.45, 7) is 2.07. The summed E-state index contributed by atoms with van der Waals surface area (Å²) < 4.78 is 0. The Morgan fingerprint density at radius 1 is 1.55 bits per heavy atom. The van der Waals surface area contributed by atoms with Gasteiger partial charge in [-0.3, -0.25) is 4.98 Å². The zero-order chi connectivity index (χ0) is 8.10. The highest BCUT2D eigenvalue weighted by Crippen LogP contribution is 2.07. The van der Waals surface area contributed by atoms with Crippen molar-refractivity contribution >= 4 is 0 Å². The van der Waals surface area contributed by atoms with E-state index >= 15 is 0 Å². The van der Waals surface area contributed by atoms with Crippen LogP contribution in [0.15, 0.2) is 18.5 Å². The lowest BCUT2D eigenvalue weighted by molar-refractivity contribution is 1.05. The van der Waals surface area contributed by atoms with Crippen LogP contribution in [-0.4, -0.2) is 4.98 Å². The van der Waals surface area contributed by atoms with Crippen molar-refractivity contribution in [3.8, 4) is 6.07 Å². The number of nitriles is 1. The van der Waals surface area contributed by atoms with Crippen molar-refractivity contribution in [3.63, 3.8) is 0 Å². The van der Waals surface area contributed by atoms with E-state index in [0.717, 1.165) is 12.0 Å². The third-order valence-electron chi connectivity index (χ3n) is 1.66. The second-order valence-electron chi connectivity index (χ2n) is 2.33. The van der Waals surface area contributed by atoms with E-state index in [9.17, 15) is 0 Å². The number of hydrogen-bond acceptors (Lipinski definition) is 2. The van der Waals surface area contributed by atoms with Gasteiger partial charge in [0, 0.05) is 12.4 Å². The maximum Gasteiger partial charge on any atom is 0.0669 e. The fraction of sp³-hybridized carbons (Fsp3) is 0.333. The Hall–Kier alpha value is -1.36. The van der Waals surface area contributed by atoms with Crippen molar-refractivity contribution in [1.29, 1.82) is 5.26 Å². The van der Waals surface area contributed by atoms with Crippen molar-refractivity contribution in [2.75, 3.05) is 0 Å². The molecule has 2 heteroatoms. The summed E-state index contributed by atoms with van der Waals surface area (Å²) >= 11 is 0. The van der Waals surface area contributed by atoms with Gasteiger partial charge >= 0.3 is 0 Å². The molecule has 0 fully saturated rings. The van der Waals surface area contributed by atoms with E-state index in [2.05, 4.69) is 18.0 Å². The predicted molar refractivity (Wildman–Crippen MR) is 42.9 cm³/mol. The molecule has 0 aliphatic carbocycles. The van der Waals surface area contributed by atoms with Crippen molar-refractivity contribution < 1.29 is 0 Å². The second-order valence-corrected chi connectivity index (χ2v) is 2.33. The largest absolute Gasteiger partial charge is 0.264 e. The number of aromatic nitrogens is 1. The molecule has 0 amide bonds. The van der Waals surface area contributed by atoms with Gasteiger partial charge in [-0.1, -0.05) is 6.92 Å². The molecule has 0 unspecified atom stereocenters. The summed E-state index contributed by atoms with van der Waals surface area (Å²) in [7, 11) is 0. The highest BCUT2D eigenvalue weighted by molar-refractivity contribution is 5.25. The monoisotopic (exact) mass is 146 g/mol. The fourth-order valence-corrected chi connectivity index (χ4v) is 1.03. The lowest BCUT2D eigenvalue weighted by Crippen LogP contribution is -1.91. The molecule has 0 aliphatic heterocycles. The van der Waals surface area contributed by atoms with Crippen LogP contribution in [0.4, 0.5) is 0 Å². The molecule has 1 heterocycles. The van der Waals surface area contributed by atoms with Gasteiger partial charge in [0.25, 0.3) is 0 Å². The lowest BCUT2D eigenvalue weighted by Gasteiger charge is -2.00. The van der Waals surface area contributed by atoms with Crippen LogP contribution in [0, 0.1) is 11.3 Å². The normalized spacial score (nSPS) is 9.09. The first-order valence-corrected chi connectivity index (χ1v) is 3.67. The fourth-order valence-electron chi connectivity index (χ4n) is 1.03. The molecule has 0 atom stereocenters. The summed E-state index contributed by atoms with van der Waals surface area (Å²) in [5.74, 6) is 0. The van der Waals surface area contributed by atoms with Gasteiger partial charge < -0.3 is 0 Å². The van der Waals surface area contributed by atoms with Gasteiger partial charge in [0.1, 0.15) is 0 Å². The molecule has 1 aromatic heterocycles. The predicted octanol–water partition coefficient (Wildman–Crippen LogP) is 1.71. The van der Waals surface area contributed by atoms with Gasteiger partial charge in [-0.2, -0.15) is 5.26 Å². The van der Waals surface area contributed by atoms with Gasteiger partial charge in [0.2, 0.25) is 0 Å². The summed E-state index contributed by atoms with van der Waals surface area (Å²) in [6.07, 6.45) is 5.00. The van der Waals surface area contributed by atoms with Crippen molar-refractivity contribution in [3.05, 3.63) is 29.6 Å². The van der Waals surface area contributed by atoms with Crippen LogP contribution < -0.4 is 0 Å². The lowest BCUT2D eigenvalue weighted by atomic mass is 10.1. The molecule has 11 heavy (non-hydrogen) atoms. The van der Waals surface area contributed by atoms with Gasteiger partial charge in [0.05, 0.1) is 12.5 Å². The molecule has 0 aliphatic rings. The van der Waals surface area contributed by atoms with E-state index in [-0.39, 0.29) is 0 Å². The molecule has 0 saturated carbocycles. The van der Waals surface area contributed by atoms with Gasteiger partial charge in [-0.05, 0) is 23.6 Å². The molecule has 0 radical (unpaired) electrons. The van der Waals surface area contributed by atoms with E-state index in [1.165, 1.54) is 5.56 Å². The summed E-state index contributed by atoms with van der Waals surface area (Å²) in [5, 5.41) is 8.47. The van der Waals surface area contributed by atoms with Crippen molar-refractivity contribution in [2.24, 2.45) is 0 Å². The van der Waals surface area contributed by atoms with E-state index in [0.29, 0.717) is 6.42 Å². The van der Waals surface area contributed by atoms with E-state index < -0.39 is 0 Å². The van der Waals surface area contributed by atoms with Crippen LogP contribution in [0.25, 0.3) is 0 Å². The molecule has 0 spiro atoms. The Morgan fingerprint density at radius 2 is 2.36 bits per heavy atom.